The van der Waals surface area contributed by atoms with Gasteiger partial charge >= 0.3 is 0 Å². The van der Waals surface area contributed by atoms with E-state index in [2.05, 4.69) is 31.4 Å². The van der Waals surface area contributed by atoms with Crippen molar-refractivity contribution in [2.75, 3.05) is 18.4 Å². The Labute approximate surface area is 90.9 Å². The molecular formula is C12H19FN2. The quantitative estimate of drug-likeness (QED) is 0.746. The van der Waals surface area contributed by atoms with E-state index in [1.54, 1.807) is 6.07 Å². The van der Waals surface area contributed by atoms with Crippen molar-refractivity contribution in [3.63, 3.8) is 0 Å². The van der Waals surface area contributed by atoms with Crippen LogP contribution in [-0.4, -0.2) is 18.6 Å². The summed E-state index contributed by atoms with van der Waals surface area (Å²) in [7, 11) is 0. The van der Waals surface area contributed by atoms with Crippen LogP contribution in [0.3, 0.4) is 0 Å². The molecule has 2 nitrogen and oxygen atoms in total. The molecule has 0 aromatic heterocycles. The van der Waals surface area contributed by atoms with Crippen LogP contribution in [0.15, 0.2) is 24.3 Å². The Morgan fingerprint density at radius 1 is 1.20 bits per heavy atom. The molecule has 0 bridgehead atoms. The van der Waals surface area contributed by atoms with Gasteiger partial charge < -0.3 is 10.6 Å². The number of benzene rings is 1. The van der Waals surface area contributed by atoms with Gasteiger partial charge in [0.25, 0.3) is 0 Å². The standard InChI is InChI=1S/C12H19FN2/c1-12(2,3)15-8-7-14-11-6-4-5-10(13)9-11/h4-6,9,14-15H,7-8H2,1-3H3. The summed E-state index contributed by atoms with van der Waals surface area (Å²) in [5.41, 5.74) is 0.953. The van der Waals surface area contributed by atoms with Crippen molar-refractivity contribution < 1.29 is 4.39 Å². The lowest BCUT2D eigenvalue weighted by Crippen LogP contribution is -2.38. The minimum absolute atomic E-state index is 0.129. The van der Waals surface area contributed by atoms with Crippen LogP contribution in [0.1, 0.15) is 20.8 Å². The number of halogens is 1. The molecule has 15 heavy (non-hydrogen) atoms. The maximum atomic E-state index is 12.8. The SMILES string of the molecule is CC(C)(C)NCCNc1cccc(F)c1. The highest BCUT2D eigenvalue weighted by Gasteiger charge is 2.06. The molecule has 0 spiro atoms. The molecule has 84 valence electrons. The van der Waals surface area contributed by atoms with Crippen LogP contribution >= 0.6 is 0 Å². The summed E-state index contributed by atoms with van der Waals surface area (Å²) in [5.74, 6) is -0.205. The van der Waals surface area contributed by atoms with Crippen LogP contribution in [0.5, 0.6) is 0 Å². The van der Waals surface area contributed by atoms with Crippen molar-refractivity contribution in [3.05, 3.63) is 30.1 Å². The third-order valence-electron chi connectivity index (χ3n) is 1.93. The summed E-state index contributed by atoms with van der Waals surface area (Å²) in [4.78, 5) is 0. The Hall–Kier alpha value is -1.09. The molecule has 0 atom stereocenters. The molecule has 0 radical (unpaired) electrons. The molecule has 0 amide bonds. The van der Waals surface area contributed by atoms with Gasteiger partial charge in [-0.15, -0.1) is 0 Å². The highest BCUT2D eigenvalue weighted by atomic mass is 19.1. The zero-order chi connectivity index (χ0) is 11.3. The fourth-order valence-electron chi connectivity index (χ4n) is 1.24. The van der Waals surface area contributed by atoms with E-state index < -0.39 is 0 Å². The highest BCUT2D eigenvalue weighted by Crippen LogP contribution is 2.08. The topological polar surface area (TPSA) is 24.1 Å². The number of anilines is 1. The molecule has 0 heterocycles. The first kappa shape index (κ1) is 12.0. The number of rotatable bonds is 4. The second-order valence-electron chi connectivity index (χ2n) is 4.61. The average molecular weight is 210 g/mol. The van der Waals surface area contributed by atoms with Crippen LogP contribution in [0.25, 0.3) is 0 Å². The summed E-state index contributed by atoms with van der Waals surface area (Å²) >= 11 is 0. The van der Waals surface area contributed by atoms with Gasteiger partial charge in [0.1, 0.15) is 5.82 Å². The molecule has 0 fully saturated rings. The molecule has 0 aliphatic rings. The average Bonchev–Trinajstić information content (AvgIpc) is 2.11. The van der Waals surface area contributed by atoms with Gasteiger partial charge in [-0.05, 0) is 39.0 Å². The summed E-state index contributed by atoms with van der Waals surface area (Å²) in [5, 5.41) is 6.51. The monoisotopic (exact) mass is 210 g/mol. The Morgan fingerprint density at radius 2 is 1.93 bits per heavy atom. The number of hydrogen-bond acceptors (Lipinski definition) is 2. The van der Waals surface area contributed by atoms with Crippen molar-refractivity contribution in [1.29, 1.82) is 0 Å². The second kappa shape index (κ2) is 5.12. The Balaban J connectivity index is 2.26. The zero-order valence-corrected chi connectivity index (χ0v) is 9.60. The zero-order valence-electron chi connectivity index (χ0n) is 9.60. The van der Waals surface area contributed by atoms with E-state index in [4.69, 9.17) is 0 Å². The molecule has 0 saturated heterocycles. The van der Waals surface area contributed by atoms with Crippen LogP contribution in [-0.2, 0) is 0 Å². The van der Waals surface area contributed by atoms with E-state index in [9.17, 15) is 4.39 Å². The summed E-state index contributed by atoms with van der Waals surface area (Å²) in [6.45, 7) is 8.01. The van der Waals surface area contributed by atoms with Crippen molar-refractivity contribution in [1.82, 2.24) is 5.32 Å². The van der Waals surface area contributed by atoms with Crippen molar-refractivity contribution in [2.24, 2.45) is 0 Å². The van der Waals surface area contributed by atoms with Crippen molar-refractivity contribution in [3.8, 4) is 0 Å². The molecule has 0 aliphatic heterocycles. The van der Waals surface area contributed by atoms with Gasteiger partial charge in [0, 0.05) is 24.3 Å². The second-order valence-corrected chi connectivity index (χ2v) is 4.61. The van der Waals surface area contributed by atoms with Crippen LogP contribution < -0.4 is 10.6 Å². The van der Waals surface area contributed by atoms with Gasteiger partial charge in [0.05, 0.1) is 0 Å². The fraction of sp³-hybridized carbons (Fsp3) is 0.500. The van der Waals surface area contributed by atoms with Crippen LogP contribution in [0.4, 0.5) is 10.1 Å². The first-order valence-corrected chi connectivity index (χ1v) is 5.22. The van der Waals surface area contributed by atoms with Crippen LogP contribution in [0.2, 0.25) is 0 Å². The smallest absolute Gasteiger partial charge is 0.125 e. The predicted octanol–water partition coefficient (Wildman–Crippen LogP) is 2.63. The molecule has 1 aromatic rings. The van der Waals surface area contributed by atoms with Gasteiger partial charge in [-0.25, -0.2) is 4.39 Å². The predicted molar refractivity (Wildman–Crippen MR) is 62.6 cm³/mol. The number of hydrogen-bond donors (Lipinski definition) is 2. The highest BCUT2D eigenvalue weighted by molar-refractivity contribution is 5.42. The fourth-order valence-corrected chi connectivity index (χ4v) is 1.24. The van der Waals surface area contributed by atoms with E-state index in [0.29, 0.717) is 0 Å². The molecule has 1 rings (SSSR count). The van der Waals surface area contributed by atoms with Crippen molar-refractivity contribution >= 4 is 5.69 Å². The van der Waals surface area contributed by atoms with Gasteiger partial charge in [-0.2, -0.15) is 0 Å². The lowest BCUT2D eigenvalue weighted by atomic mass is 10.1. The first-order valence-electron chi connectivity index (χ1n) is 5.22. The summed E-state index contributed by atoms with van der Waals surface area (Å²) in [6, 6.07) is 6.50. The molecular weight excluding hydrogens is 191 g/mol. The van der Waals surface area contributed by atoms with Gasteiger partial charge in [0.2, 0.25) is 0 Å². The lowest BCUT2D eigenvalue weighted by molar-refractivity contribution is 0.435. The molecule has 0 unspecified atom stereocenters. The van der Waals surface area contributed by atoms with Gasteiger partial charge in [-0.1, -0.05) is 6.07 Å². The molecule has 0 aliphatic carbocycles. The Kier molecular flexibility index (Phi) is 4.09. The minimum Gasteiger partial charge on any atom is -0.384 e. The third-order valence-corrected chi connectivity index (χ3v) is 1.93. The van der Waals surface area contributed by atoms with Gasteiger partial charge in [0.15, 0.2) is 0 Å². The van der Waals surface area contributed by atoms with Crippen LogP contribution in [0, 0.1) is 5.82 Å². The minimum atomic E-state index is -0.205. The normalized spacial score (nSPS) is 11.5. The summed E-state index contributed by atoms with van der Waals surface area (Å²) < 4.78 is 12.8. The third kappa shape index (κ3) is 5.37. The molecule has 2 N–H and O–H groups in total. The molecule has 3 heteroatoms. The molecule has 1 aromatic carbocycles. The van der Waals surface area contributed by atoms with E-state index in [-0.39, 0.29) is 11.4 Å². The van der Waals surface area contributed by atoms with E-state index in [1.807, 2.05) is 6.07 Å². The van der Waals surface area contributed by atoms with Gasteiger partial charge in [-0.3, -0.25) is 0 Å². The Morgan fingerprint density at radius 3 is 2.53 bits per heavy atom. The first-order chi connectivity index (χ1) is 6.97. The maximum Gasteiger partial charge on any atom is 0.125 e. The maximum absolute atomic E-state index is 12.8. The lowest BCUT2D eigenvalue weighted by Gasteiger charge is -2.20. The molecule has 0 saturated carbocycles. The van der Waals surface area contributed by atoms with E-state index in [0.717, 1.165) is 18.8 Å². The van der Waals surface area contributed by atoms with Crippen molar-refractivity contribution in [2.45, 2.75) is 26.3 Å². The van der Waals surface area contributed by atoms with E-state index >= 15 is 0 Å². The summed E-state index contributed by atoms with van der Waals surface area (Å²) in [6.07, 6.45) is 0. The largest absolute Gasteiger partial charge is 0.384 e. The Bertz CT molecular complexity index is 305. The van der Waals surface area contributed by atoms with E-state index in [1.165, 1.54) is 12.1 Å². The number of nitrogens with one attached hydrogen (secondary N) is 2.